The fourth-order valence-electron chi connectivity index (χ4n) is 2.94. The molecule has 0 radical (unpaired) electrons. The highest BCUT2D eigenvalue weighted by molar-refractivity contribution is 5.08. The molecule has 2 heterocycles. The van der Waals surface area contributed by atoms with Crippen LogP contribution in [-0.4, -0.2) is 35.1 Å². The number of piperidine rings is 1. The van der Waals surface area contributed by atoms with Crippen LogP contribution in [0.25, 0.3) is 0 Å². The van der Waals surface area contributed by atoms with E-state index in [0.29, 0.717) is 12.1 Å². The third kappa shape index (κ3) is 4.59. The maximum Gasteiger partial charge on any atom is 0.0312 e. The highest BCUT2D eigenvalue weighted by Gasteiger charge is 2.21. The molecule has 1 aliphatic rings. The predicted octanol–water partition coefficient (Wildman–Crippen LogP) is 2.82. The predicted molar refractivity (Wildman–Crippen MR) is 80.0 cm³/mol. The summed E-state index contributed by atoms with van der Waals surface area (Å²) >= 11 is 0. The van der Waals surface area contributed by atoms with Crippen LogP contribution in [0.15, 0.2) is 24.5 Å². The Morgan fingerprint density at radius 2 is 2.26 bits per heavy atom. The van der Waals surface area contributed by atoms with Gasteiger partial charge in [0.2, 0.25) is 0 Å². The molecule has 1 atom stereocenters. The molecule has 0 saturated carbocycles. The lowest BCUT2D eigenvalue weighted by molar-refractivity contribution is 0.174. The van der Waals surface area contributed by atoms with Crippen LogP contribution in [0, 0.1) is 0 Å². The van der Waals surface area contributed by atoms with Crippen molar-refractivity contribution in [1.29, 1.82) is 0 Å². The molecule has 0 amide bonds. The molecule has 0 spiro atoms. The molecular formula is C16H27N3. The van der Waals surface area contributed by atoms with Crippen LogP contribution in [-0.2, 0) is 6.54 Å². The summed E-state index contributed by atoms with van der Waals surface area (Å²) in [4.78, 5) is 6.76. The first-order valence-electron chi connectivity index (χ1n) is 7.69. The maximum absolute atomic E-state index is 4.20. The number of pyridine rings is 1. The number of aromatic nitrogens is 1. The van der Waals surface area contributed by atoms with Gasteiger partial charge >= 0.3 is 0 Å². The fourth-order valence-corrected chi connectivity index (χ4v) is 2.94. The highest BCUT2D eigenvalue weighted by Crippen LogP contribution is 2.14. The largest absolute Gasteiger partial charge is 0.310 e. The molecule has 3 heteroatoms. The van der Waals surface area contributed by atoms with Crippen LogP contribution >= 0.6 is 0 Å². The first kappa shape index (κ1) is 14.5. The molecule has 19 heavy (non-hydrogen) atoms. The molecule has 1 N–H and O–H groups in total. The van der Waals surface area contributed by atoms with Crippen LogP contribution in [0.4, 0.5) is 0 Å². The van der Waals surface area contributed by atoms with Gasteiger partial charge in [-0.2, -0.15) is 0 Å². The maximum atomic E-state index is 4.20. The third-order valence-corrected chi connectivity index (χ3v) is 4.09. The van der Waals surface area contributed by atoms with Gasteiger partial charge in [0.05, 0.1) is 0 Å². The van der Waals surface area contributed by atoms with Crippen LogP contribution in [0.1, 0.15) is 45.1 Å². The Kier molecular flexibility index (Phi) is 5.80. The Morgan fingerprint density at radius 1 is 1.42 bits per heavy atom. The number of hydrogen-bond donors (Lipinski definition) is 1. The topological polar surface area (TPSA) is 28.2 Å². The second-order valence-electron chi connectivity index (χ2n) is 5.62. The molecule has 0 aliphatic carbocycles. The van der Waals surface area contributed by atoms with Gasteiger partial charge in [0.25, 0.3) is 0 Å². The number of likely N-dealkylation sites (tertiary alicyclic amines) is 1. The van der Waals surface area contributed by atoms with Gasteiger partial charge in [-0.3, -0.25) is 9.88 Å². The zero-order valence-electron chi connectivity index (χ0n) is 12.3. The van der Waals surface area contributed by atoms with Gasteiger partial charge in [-0.15, -0.1) is 0 Å². The van der Waals surface area contributed by atoms with Gasteiger partial charge in [0.15, 0.2) is 0 Å². The van der Waals surface area contributed by atoms with Crippen molar-refractivity contribution in [1.82, 2.24) is 15.2 Å². The second-order valence-corrected chi connectivity index (χ2v) is 5.62. The molecule has 3 nitrogen and oxygen atoms in total. The monoisotopic (exact) mass is 261 g/mol. The van der Waals surface area contributed by atoms with E-state index in [4.69, 9.17) is 0 Å². The molecule has 0 aromatic carbocycles. The van der Waals surface area contributed by atoms with E-state index in [1.54, 1.807) is 0 Å². The summed E-state index contributed by atoms with van der Waals surface area (Å²) in [6.45, 7) is 7.98. The molecule has 1 aliphatic heterocycles. The normalized spacial score (nSPS) is 20.9. The average molecular weight is 261 g/mol. The molecular weight excluding hydrogens is 234 g/mol. The van der Waals surface area contributed by atoms with Crippen molar-refractivity contribution in [2.45, 2.75) is 58.2 Å². The molecule has 2 rings (SSSR count). The summed E-state index contributed by atoms with van der Waals surface area (Å²) in [5, 5.41) is 3.81. The van der Waals surface area contributed by atoms with Gasteiger partial charge in [0.1, 0.15) is 0 Å². The molecule has 1 fully saturated rings. The smallest absolute Gasteiger partial charge is 0.0312 e. The zero-order valence-corrected chi connectivity index (χ0v) is 12.3. The lowest BCUT2D eigenvalue weighted by Crippen LogP contribution is -2.48. The van der Waals surface area contributed by atoms with Gasteiger partial charge in [-0.05, 0) is 43.9 Å². The molecule has 1 saturated heterocycles. The van der Waals surface area contributed by atoms with Crippen molar-refractivity contribution in [2.75, 3.05) is 13.1 Å². The van der Waals surface area contributed by atoms with Crippen LogP contribution in [0.3, 0.4) is 0 Å². The second kappa shape index (κ2) is 7.61. The van der Waals surface area contributed by atoms with Crippen molar-refractivity contribution < 1.29 is 0 Å². The van der Waals surface area contributed by atoms with Gasteiger partial charge in [-0.25, -0.2) is 0 Å². The zero-order chi connectivity index (χ0) is 13.5. The molecule has 1 aromatic heterocycles. The molecule has 0 unspecified atom stereocenters. The van der Waals surface area contributed by atoms with E-state index in [9.17, 15) is 0 Å². The SMILES string of the molecule is CCC(CC)N[C@@H]1CCCN(Cc2cccnc2)C1. The quantitative estimate of drug-likeness (QED) is 0.853. The summed E-state index contributed by atoms with van der Waals surface area (Å²) in [6, 6.07) is 5.54. The summed E-state index contributed by atoms with van der Waals surface area (Å²) in [5.74, 6) is 0. The van der Waals surface area contributed by atoms with Crippen LogP contribution < -0.4 is 5.32 Å². The van der Waals surface area contributed by atoms with E-state index in [0.717, 1.165) is 6.54 Å². The standard InChI is InChI=1S/C16H27N3/c1-3-15(4-2)18-16-8-6-10-19(13-16)12-14-7-5-9-17-11-14/h5,7,9,11,15-16,18H,3-4,6,8,10,12-13H2,1-2H3/t16-/m1/s1. The third-order valence-electron chi connectivity index (χ3n) is 4.09. The Labute approximate surface area is 117 Å². The summed E-state index contributed by atoms with van der Waals surface area (Å²) in [7, 11) is 0. The fraction of sp³-hybridized carbons (Fsp3) is 0.688. The first-order valence-corrected chi connectivity index (χ1v) is 7.69. The molecule has 1 aromatic rings. The summed E-state index contributed by atoms with van der Waals surface area (Å²) < 4.78 is 0. The van der Waals surface area contributed by atoms with Crippen LogP contribution in [0.2, 0.25) is 0 Å². The van der Waals surface area contributed by atoms with Crippen molar-refractivity contribution >= 4 is 0 Å². The average Bonchev–Trinajstić information content (AvgIpc) is 2.46. The van der Waals surface area contributed by atoms with E-state index in [1.807, 2.05) is 18.5 Å². The highest BCUT2D eigenvalue weighted by atomic mass is 15.2. The molecule has 106 valence electrons. The summed E-state index contributed by atoms with van der Waals surface area (Å²) in [6.07, 6.45) is 8.92. The Hall–Kier alpha value is -0.930. The Morgan fingerprint density at radius 3 is 2.95 bits per heavy atom. The number of nitrogens with zero attached hydrogens (tertiary/aromatic N) is 2. The summed E-state index contributed by atoms with van der Waals surface area (Å²) in [5.41, 5.74) is 1.32. The first-order chi connectivity index (χ1) is 9.31. The minimum atomic E-state index is 0.662. The molecule has 0 bridgehead atoms. The van der Waals surface area contributed by atoms with E-state index in [-0.39, 0.29) is 0 Å². The van der Waals surface area contributed by atoms with Crippen molar-refractivity contribution in [3.8, 4) is 0 Å². The lowest BCUT2D eigenvalue weighted by Gasteiger charge is -2.35. The number of hydrogen-bond acceptors (Lipinski definition) is 3. The van der Waals surface area contributed by atoms with E-state index in [1.165, 1.54) is 44.3 Å². The van der Waals surface area contributed by atoms with E-state index < -0.39 is 0 Å². The van der Waals surface area contributed by atoms with Crippen molar-refractivity contribution in [3.63, 3.8) is 0 Å². The van der Waals surface area contributed by atoms with Crippen LogP contribution in [0.5, 0.6) is 0 Å². The van der Waals surface area contributed by atoms with Gasteiger partial charge < -0.3 is 5.32 Å². The number of rotatable bonds is 6. The Bertz CT molecular complexity index is 348. The van der Waals surface area contributed by atoms with Gasteiger partial charge in [0, 0.05) is 37.6 Å². The van der Waals surface area contributed by atoms with Crippen molar-refractivity contribution in [3.05, 3.63) is 30.1 Å². The Balaban J connectivity index is 1.83. The van der Waals surface area contributed by atoms with Crippen molar-refractivity contribution in [2.24, 2.45) is 0 Å². The minimum Gasteiger partial charge on any atom is -0.310 e. The van der Waals surface area contributed by atoms with E-state index >= 15 is 0 Å². The lowest BCUT2D eigenvalue weighted by atomic mass is 10.0. The number of nitrogens with one attached hydrogen (secondary N) is 1. The van der Waals surface area contributed by atoms with E-state index in [2.05, 4.69) is 35.1 Å². The van der Waals surface area contributed by atoms with Gasteiger partial charge in [-0.1, -0.05) is 19.9 Å². The minimum absolute atomic E-state index is 0.662.